The Morgan fingerprint density at radius 3 is 2.65 bits per heavy atom. The van der Waals surface area contributed by atoms with E-state index in [0.717, 1.165) is 37.0 Å². The topological polar surface area (TPSA) is 46.5 Å². The zero-order chi connectivity index (χ0) is 11.8. The maximum absolute atomic E-state index is 11.0. The SMILES string of the molecule is O=C(O)C1CCC1c1cccc(OC2CC2)c1. The lowest BCUT2D eigenvalue weighted by Crippen LogP contribution is -2.30. The van der Waals surface area contributed by atoms with Gasteiger partial charge in [-0.1, -0.05) is 12.1 Å². The molecule has 1 aromatic rings. The van der Waals surface area contributed by atoms with Crippen LogP contribution in [0.3, 0.4) is 0 Å². The minimum absolute atomic E-state index is 0.176. The van der Waals surface area contributed by atoms with Crippen molar-refractivity contribution >= 4 is 5.97 Å². The van der Waals surface area contributed by atoms with Gasteiger partial charge < -0.3 is 9.84 Å². The molecule has 2 unspecified atom stereocenters. The summed E-state index contributed by atoms with van der Waals surface area (Å²) >= 11 is 0. The molecule has 0 spiro atoms. The first kappa shape index (κ1) is 10.6. The van der Waals surface area contributed by atoms with Crippen LogP contribution in [0.2, 0.25) is 0 Å². The van der Waals surface area contributed by atoms with Gasteiger partial charge in [0.1, 0.15) is 5.75 Å². The molecule has 2 aliphatic rings. The molecular formula is C14H16O3. The molecule has 1 N–H and O–H groups in total. The number of aliphatic carboxylic acids is 1. The molecule has 17 heavy (non-hydrogen) atoms. The summed E-state index contributed by atoms with van der Waals surface area (Å²) in [6.07, 6.45) is 4.45. The highest BCUT2D eigenvalue weighted by atomic mass is 16.5. The first-order chi connectivity index (χ1) is 8.24. The lowest BCUT2D eigenvalue weighted by Gasteiger charge is -2.33. The Hall–Kier alpha value is -1.51. The quantitative estimate of drug-likeness (QED) is 0.868. The molecule has 90 valence electrons. The van der Waals surface area contributed by atoms with Crippen molar-refractivity contribution < 1.29 is 14.6 Å². The summed E-state index contributed by atoms with van der Waals surface area (Å²) in [7, 11) is 0. The van der Waals surface area contributed by atoms with E-state index in [1.807, 2.05) is 24.3 Å². The largest absolute Gasteiger partial charge is 0.490 e. The standard InChI is InChI=1S/C14H16O3/c15-14(16)13-7-6-12(13)9-2-1-3-11(8-9)17-10-4-5-10/h1-3,8,10,12-13H,4-7H2,(H,15,16). The molecule has 2 saturated carbocycles. The number of hydrogen-bond acceptors (Lipinski definition) is 2. The van der Waals surface area contributed by atoms with Crippen LogP contribution < -0.4 is 4.74 Å². The molecule has 0 aliphatic heterocycles. The van der Waals surface area contributed by atoms with Crippen LogP contribution in [0.15, 0.2) is 24.3 Å². The van der Waals surface area contributed by atoms with E-state index in [2.05, 4.69) is 0 Å². The highest BCUT2D eigenvalue weighted by Crippen LogP contribution is 2.43. The molecular weight excluding hydrogens is 216 g/mol. The molecule has 3 heteroatoms. The molecule has 0 aromatic heterocycles. The van der Waals surface area contributed by atoms with Crippen LogP contribution in [0.25, 0.3) is 0 Å². The van der Waals surface area contributed by atoms with Gasteiger partial charge in [-0.25, -0.2) is 0 Å². The Labute approximate surface area is 100 Å². The van der Waals surface area contributed by atoms with Crippen molar-refractivity contribution in [3.8, 4) is 5.75 Å². The Balaban J connectivity index is 1.75. The average Bonchev–Trinajstić information content (AvgIpc) is 2.99. The molecule has 0 bridgehead atoms. The Morgan fingerprint density at radius 1 is 1.24 bits per heavy atom. The van der Waals surface area contributed by atoms with Crippen LogP contribution >= 0.6 is 0 Å². The van der Waals surface area contributed by atoms with E-state index in [0.29, 0.717) is 6.10 Å². The summed E-state index contributed by atoms with van der Waals surface area (Å²) in [5.74, 6) is 0.192. The molecule has 0 radical (unpaired) electrons. The van der Waals surface area contributed by atoms with E-state index in [1.54, 1.807) is 0 Å². The second-order valence-corrected chi connectivity index (χ2v) is 5.02. The van der Waals surface area contributed by atoms with E-state index < -0.39 is 5.97 Å². The molecule has 0 amide bonds. The van der Waals surface area contributed by atoms with Crippen molar-refractivity contribution in [1.29, 1.82) is 0 Å². The average molecular weight is 232 g/mol. The summed E-state index contributed by atoms with van der Waals surface area (Å²) in [5.41, 5.74) is 1.11. The van der Waals surface area contributed by atoms with Crippen LogP contribution in [0.1, 0.15) is 37.2 Å². The van der Waals surface area contributed by atoms with Gasteiger partial charge in [-0.2, -0.15) is 0 Å². The normalized spacial score (nSPS) is 27.3. The van der Waals surface area contributed by atoms with Gasteiger partial charge in [0, 0.05) is 0 Å². The first-order valence-corrected chi connectivity index (χ1v) is 6.23. The number of carbonyl (C=O) groups is 1. The van der Waals surface area contributed by atoms with Crippen molar-refractivity contribution in [2.45, 2.75) is 37.7 Å². The molecule has 0 heterocycles. The summed E-state index contributed by atoms with van der Waals surface area (Å²) in [6, 6.07) is 7.94. The lowest BCUT2D eigenvalue weighted by atomic mass is 9.70. The van der Waals surface area contributed by atoms with Crippen LogP contribution in [0.4, 0.5) is 0 Å². The number of hydrogen-bond donors (Lipinski definition) is 1. The molecule has 2 aliphatic carbocycles. The van der Waals surface area contributed by atoms with E-state index in [4.69, 9.17) is 9.84 Å². The van der Waals surface area contributed by atoms with Gasteiger partial charge in [0.2, 0.25) is 0 Å². The highest BCUT2D eigenvalue weighted by molar-refractivity contribution is 5.72. The molecule has 0 saturated heterocycles. The van der Waals surface area contributed by atoms with Gasteiger partial charge >= 0.3 is 5.97 Å². The van der Waals surface area contributed by atoms with Crippen molar-refractivity contribution in [2.24, 2.45) is 5.92 Å². The predicted molar refractivity (Wildman–Crippen MR) is 63.2 cm³/mol. The van der Waals surface area contributed by atoms with Gasteiger partial charge in [-0.3, -0.25) is 4.79 Å². The van der Waals surface area contributed by atoms with Crippen LogP contribution in [0.5, 0.6) is 5.75 Å². The summed E-state index contributed by atoms with van der Waals surface area (Å²) in [5, 5.41) is 9.06. The Bertz CT molecular complexity index is 437. The van der Waals surface area contributed by atoms with Gasteiger partial charge in [-0.15, -0.1) is 0 Å². The summed E-state index contributed by atoms with van der Waals surface area (Å²) < 4.78 is 5.73. The van der Waals surface area contributed by atoms with Crippen molar-refractivity contribution in [3.63, 3.8) is 0 Å². The van der Waals surface area contributed by atoms with Crippen molar-refractivity contribution in [2.75, 3.05) is 0 Å². The molecule has 1 aromatic carbocycles. The number of rotatable bonds is 4. The van der Waals surface area contributed by atoms with E-state index in [9.17, 15) is 4.79 Å². The maximum Gasteiger partial charge on any atom is 0.307 e. The number of carboxylic acid groups (broad SMARTS) is 1. The fraction of sp³-hybridized carbons (Fsp3) is 0.500. The third kappa shape index (κ3) is 2.14. The summed E-state index contributed by atoms with van der Waals surface area (Å²) in [6.45, 7) is 0. The van der Waals surface area contributed by atoms with Gasteiger partial charge in [0.25, 0.3) is 0 Å². The predicted octanol–water partition coefficient (Wildman–Crippen LogP) is 2.81. The van der Waals surface area contributed by atoms with Gasteiger partial charge in [0.15, 0.2) is 0 Å². The smallest absolute Gasteiger partial charge is 0.307 e. The van der Waals surface area contributed by atoms with Crippen LogP contribution in [0, 0.1) is 5.92 Å². The second kappa shape index (κ2) is 4.06. The highest BCUT2D eigenvalue weighted by Gasteiger charge is 2.37. The Morgan fingerprint density at radius 2 is 2.06 bits per heavy atom. The van der Waals surface area contributed by atoms with Crippen LogP contribution in [-0.2, 0) is 4.79 Å². The van der Waals surface area contributed by atoms with Crippen molar-refractivity contribution in [1.82, 2.24) is 0 Å². The monoisotopic (exact) mass is 232 g/mol. The molecule has 2 atom stereocenters. The number of carboxylic acids is 1. The third-order valence-corrected chi connectivity index (χ3v) is 3.70. The summed E-state index contributed by atoms with van der Waals surface area (Å²) in [4.78, 5) is 11.0. The first-order valence-electron chi connectivity index (χ1n) is 6.23. The van der Waals surface area contributed by atoms with Gasteiger partial charge in [-0.05, 0) is 49.3 Å². The van der Waals surface area contributed by atoms with Gasteiger partial charge in [0.05, 0.1) is 12.0 Å². The van der Waals surface area contributed by atoms with Crippen LogP contribution in [-0.4, -0.2) is 17.2 Å². The van der Waals surface area contributed by atoms with E-state index in [1.165, 1.54) is 0 Å². The third-order valence-electron chi connectivity index (χ3n) is 3.70. The number of ether oxygens (including phenoxy) is 1. The molecule has 2 fully saturated rings. The minimum Gasteiger partial charge on any atom is -0.490 e. The lowest BCUT2D eigenvalue weighted by molar-refractivity contribution is -0.145. The zero-order valence-electron chi connectivity index (χ0n) is 9.63. The second-order valence-electron chi connectivity index (χ2n) is 5.02. The zero-order valence-corrected chi connectivity index (χ0v) is 9.63. The fourth-order valence-corrected chi connectivity index (χ4v) is 2.39. The number of benzene rings is 1. The molecule has 3 nitrogen and oxygen atoms in total. The minimum atomic E-state index is -0.672. The van der Waals surface area contributed by atoms with E-state index >= 15 is 0 Å². The molecule has 3 rings (SSSR count). The van der Waals surface area contributed by atoms with Crippen molar-refractivity contribution in [3.05, 3.63) is 29.8 Å². The maximum atomic E-state index is 11.0. The fourth-order valence-electron chi connectivity index (χ4n) is 2.39. The Kier molecular flexibility index (Phi) is 2.54. The van der Waals surface area contributed by atoms with E-state index in [-0.39, 0.29) is 11.8 Å².